The Hall–Kier alpha value is -2.35. The van der Waals surface area contributed by atoms with Gasteiger partial charge < -0.3 is 18.9 Å². The van der Waals surface area contributed by atoms with E-state index >= 15 is 0 Å². The maximum absolute atomic E-state index is 13.3. The zero-order valence-corrected chi connectivity index (χ0v) is 24.4. The van der Waals surface area contributed by atoms with E-state index in [4.69, 9.17) is 14.2 Å². The Morgan fingerprint density at radius 1 is 1.05 bits per heavy atom. The lowest BCUT2D eigenvalue weighted by Crippen LogP contribution is -2.33. The van der Waals surface area contributed by atoms with Gasteiger partial charge in [0.05, 0.1) is 12.7 Å². The summed E-state index contributed by atoms with van der Waals surface area (Å²) in [5, 5.41) is 0. The minimum Gasteiger partial charge on any atom is -0.433 e. The number of halogens is 2. The van der Waals surface area contributed by atoms with E-state index in [2.05, 4.69) is 29.9 Å². The number of carbonyl (C=O) groups excluding carboxylic acids is 1. The first-order valence-corrected chi connectivity index (χ1v) is 13.9. The van der Waals surface area contributed by atoms with E-state index in [0.29, 0.717) is 19.4 Å². The normalized spacial score (nSPS) is 17.7. The average molecular weight is 569 g/mol. The molecule has 0 bridgehead atoms. The fourth-order valence-electron chi connectivity index (χ4n) is 5.42. The van der Waals surface area contributed by atoms with Crippen molar-refractivity contribution in [3.05, 3.63) is 64.7 Å². The maximum Gasteiger partial charge on any atom is 0.394 e. The topological polar surface area (TPSA) is 54.0 Å². The smallest absolute Gasteiger partial charge is 0.394 e. The molecule has 1 aliphatic rings. The standard InChI is InChI=1S/C30H40F2O4.C2H6O.CH4.2H2/c1-5-9-23-16-22(19-28(33)27-12-6-7-13-29(27)35-4)14-15-26(23)24(20-34-3)17-21-10-8-11-25(18-21)36-30(2,31)32;1-3-2;;;/h8,10-11,14-16,18,24,27,29H,5-7,9,12-13,17,19-20H2,1-4H3;1-2H3;1H4;2*1H. The number of Topliss-reactive ketones (excluding diaryl/α,β-unsaturated/α-hetero) is 1. The first kappa shape index (κ1) is 35.7. The quantitative estimate of drug-likeness (QED) is 0.243. The Labute approximate surface area is 243 Å². The van der Waals surface area contributed by atoms with Crippen LogP contribution in [0.5, 0.6) is 5.75 Å². The van der Waals surface area contributed by atoms with Gasteiger partial charge in [0.1, 0.15) is 11.5 Å². The Morgan fingerprint density at radius 3 is 2.38 bits per heavy atom. The highest BCUT2D eigenvalue weighted by molar-refractivity contribution is 5.84. The van der Waals surface area contributed by atoms with Crippen LogP contribution in [-0.2, 0) is 38.3 Å². The molecule has 1 aliphatic carbocycles. The summed E-state index contributed by atoms with van der Waals surface area (Å²) in [6.07, 6.45) is 3.78. The van der Waals surface area contributed by atoms with Crippen molar-refractivity contribution in [1.29, 1.82) is 0 Å². The predicted molar refractivity (Wildman–Crippen MR) is 162 cm³/mol. The van der Waals surface area contributed by atoms with Crippen LogP contribution in [0.2, 0.25) is 0 Å². The molecule has 3 unspecified atom stereocenters. The fraction of sp³-hybridized carbons (Fsp3) is 0.606. The van der Waals surface area contributed by atoms with Gasteiger partial charge in [0.2, 0.25) is 0 Å². The molecule has 0 N–H and O–H groups in total. The highest BCUT2D eigenvalue weighted by Crippen LogP contribution is 2.31. The molecular formula is C33H54F2O5. The molecule has 0 amide bonds. The van der Waals surface area contributed by atoms with E-state index in [9.17, 15) is 13.6 Å². The van der Waals surface area contributed by atoms with Crippen molar-refractivity contribution in [2.24, 2.45) is 5.92 Å². The number of ketones is 1. The van der Waals surface area contributed by atoms with Crippen molar-refractivity contribution in [2.75, 3.05) is 35.0 Å². The van der Waals surface area contributed by atoms with Crippen LogP contribution < -0.4 is 4.74 Å². The SMILES string of the molecule is C.CCCc1cc(CC(=O)C2CCCCC2OC)ccc1C(COC)Cc1cccc(OC(C)(F)F)c1.COC.[HH].[HH]. The number of rotatable bonds is 13. The van der Waals surface area contributed by atoms with Gasteiger partial charge in [0.15, 0.2) is 0 Å². The van der Waals surface area contributed by atoms with E-state index in [0.717, 1.165) is 56.6 Å². The van der Waals surface area contributed by atoms with E-state index in [1.54, 1.807) is 46.6 Å². The molecule has 7 heteroatoms. The van der Waals surface area contributed by atoms with Crippen LogP contribution in [0.4, 0.5) is 8.78 Å². The third-order valence-electron chi connectivity index (χ3n) is 7.01. The molecule has 230 valence electrons. The Kier molecular flexibility index (Phi) is 16.2. The number of aryl methyl sites for hydroxylation is 1. The zero-order valence-electron chi connectivity index (χ0n) is 24.4. The fourth-order valence-corrected chi connectivity index (χ4v) is 5.42. The molecule has 40 heavy (non-hydrogen) atoms. The molecule has 0 aromatic heterocycles. The average Bonchev–Trinajstić information content (AvgIpc) is 2.88. The Balaban J connectivity index is 0. The van der Waals surface area contributed by atoms with Crippen molar-refractivity contribution < 1.29 is 35.4 Å². The van der Waals surface area contributed by atoms with Crippen molar-refractivity contribution in [2.45, 2.75) is 90.8 Å². The number of carbonyl (C=O) groups is 1. The lowest BCUT2D eigenvalue weighted by atomic mass is 9.81. The van der Waals surface area contributed by atoms with Crippen LogP contribution in [0.15, 0.2) is 42.5 Å². The van der Waals surface area contributed by atoms with E-state index < -0.39 is 6.11 Å². The van der Waals surface area contributed by atoms with Crippen molar-refractivity contribution >= 4 is 5.78 Å². The summed E-state index contributed by atoms with van der Waals surface area (Å²) in [5.41, 5.74) is 4.33. The second-order valence-electron chi connectivity index (χ2n) is 10.4. The number of benzene rings is 2. The molecule has 0 radical (unpaired) electrons. The summed E-state index contributed by atoms with van der Waals surface area (Å²) < 4.78 is 46.9. The van der Waals surface area contributed by atoms with Crippen LogP contribution >= 0.6 is 0 Å². The monoisotopic (exact) mass is 568 g/mol. The van der Waals surface area contributed by atoms with E-state index in [1.807, 2.05) is 6.07 Å². The molecule has 0 aliphatic heterocycles. The van der Waals surface area contributed by atoms with Gasteiger partial charge in [-0.3, -0.25) is 4.79 Å². The van der Waals surface area contributed by atoms with Gasteiger partial charge in [-0.05, 0) is 60.1 Å². The summed E-state index contributed by atoms with van der Waals surface area (Å²) in [4.78, 5) is 13.1. The molecule has 1 saturated carbocycles. The van der Waals surface area contributed by atoms with Crippen LogP contribution in [0.25, 0.3) is 0 Å². The summed E-state index contributed by atoms with van der Waals surface area (Å²) >= 11 is 0. The van der Waals surface area contributed by atoms with Gasteiger partial charge >= 0.3 is 6.11 Å². The van der Waals surface area contributed by atoms with Crippen molar-refractivity contribution in [1.82, 2.24) is 0 Å². The predicted octanol–water partition coefficient (Wildman–Crippen LogP) is 8.31. The number of ether oxygens (including phenoxy) is 4. The summed E-state index contributed by atoms with van der Waals surface area (Å²) in [7, 11) is 6.63. The van der Waals surface area contributed by atoms with E-state index in [-0.39, 0.29) is 39.8 Å². The summed E-state index contributed by atoms with van der Waals surface area (Å²) in [5.74, 6) is 0.435. The summed E-state index contributed by atoms with van der Waals surface area (Å²) in [6, 6.07) is 13.2. The van der Waals surface area contributed by atoms with Gasteiger partial charge in [0.25, 0.3) is 0 Å². The van der Waals surface area contributed by atoms with Crippen LogP contribution in [0, 0.1) is 5.92 Å². The first-order chi connectivity index (χ1) is 18.6. The van der Waals surface area contributed by atoms with Crippen LogP contribution in [0.1, 0.15) is 84.4 Å². The minimum absolute atomic E-state index is 0. The van der Waals surface area contributed by atoms with Crippen LogP contribution in [-0.4, -0.2) is 53.0 Å². The molecule has 0 heterocycles. The molecule has 3 rings (SSSR count). The third-order valence-corrected chi connectivity index (χ3v) is 7.01. The molecule has 2 aromatic rings. The molecule has 0 saturated heterocycles. The first-order valence-electron chi connectivity index (χ1n) is 13.9. The summed E-state index contributed by atoms with van der Waals surface area (Å²) in [6.45, 7) is 3.38. The largest absolute Gasteiger partial charge is 0.433 e. The number of methoxy groups -OCH3 is 3. The second kappa shape index (κ2) is 18.2. The maximum atomic E-state index is 13.3. The molecule has 0 spiro atoms. The van der Waals surface area contributed by atoms with Gasteiger partial charge in [0, 0.05) is 56.5 Å². The number of hydrogen-bond acceptors (Lipinski definition) is 5. The van der Waals surface area contributed by atoms with Crippen molar-refractivity contribution in [3.8, 4) is 5.75 Å². The third kappa shape index (κ3) is 11.6. The molecule has 5 nitrogen and oxygen atoms in total. The second-order valence-corrected chi connectivity index (χ2v) is 10.4. The number of hydrogen-bond donors (Lipinski definition) is 0. The lowest BCUT2D eigenvalue weighted by Gasteiger charge is -2.29. The van der Waals surface area contributed by atoms with Gasteiger partial charge in [-0.1, -0.05) is 63.9 Å². The van der Waals surface area contributed by atoms with Gasteiger partial charge in [-0.15, -0.1) is 0 Å². The highest BCUT2D eigenvalue weighted by Gasteiger charge is 2.31. The number of alkyl halides is 2. The molecule has 3 atom stereocenters. The minimum atomic E-state index is -3.23. The molecule has 2 aromatic carbocycles. The lowest BCUT2D eigenvalue weighted by molar-refractivity contribution is -0.159. The van der Waals surface area contributed by atoms with Crippen LogP contribution in [0.3, 0.4) is 0 Å². The van der Waals surface area contributed by atoms with Gasteiger partial charge in [-0.25, -0.2) is 0 Å². The van der Waals surface area contributed by atoms with E-state index in [1.165, 1.54) is 11.1 Å². The Morgan fingerprint density at radius 2 is 1.75 bits per heavy atom. The van der Waals surface area contributed by atoms with Crippen molar-refractivity contribution in [3.63, 3.8) is 0 Å². The molecular weight excluding hydrogens is 514 g/mol. The van der Waals surface area contributed by atoms with Gasteiger partial charge in [-0.2, -0.15) is 8.78 Å². The highest BCUT2D eigenvalue weighted by atomic mass is 19.3. The molecule has 1 fully saturated rings. The Bertz CT molecular complexity index is 1020. The zero-order chi connectivity index (χ0) is 28.8.